The Kier molecular flexibility index (Phi) is 6.32. The molecule has 0 aliphatic carbocycles. The Morgan fingerprint density at radius 1 is 1.11 bits per heavy atom. The van der Waals surface area contributed by atoms with Gasteiger partial charge in [-0.3, -0.25) is 9.55 Å². The monoisotopic (exact) mass is 517 g/mol. The summed E-state index contributed by atoms with van der Waals surface area (Å²) in [5.74, 6) is -0.0964. The van der Waals surface area contributed by atoms with Crippen LogP contribution in [-0.2, 0) is 10.0 Å². The molecule has 1 atom stereocenters. The minimum atomic E-state index is -4.77. The number of hydrogen-bond acceptors (Lipinski definition) is 5. The van der Waals surface area contributed by atoms with Crippen molar-refractivity contribution in [3.8, 4) is 23.3 Å². The second kappa shape index (κ2) is 9.00. The number of benzene rings is 1. The summed E-state index contributed by atoms with van der Waals surface area (Å²) in [6.07, 6.45) is -2.30. The maximum absolute atomic E-state index is 14.4. The smallest absolute Gasteiger partial charge is 0.291 e. The number of halogens is 4. The van der Waals surface area contributed by atoms with Crippen molar-refractivity contribution >= 4 is 20.9 Å². The molecular weight excluding hydrogens is 498 g/mol. The van der Waals surface area contributed by atoms with Gasteiger partial charge in [0.25, 0.3) is 0 Å². The Morgan fingerprint density at radius 2 is 1.83 bits per heavy atom. The van der Waals surface area contributed by atoms with Gasteiger partial charge < -0.3 is 0 Å². The predicted molar refractivity (Wildman–Crippen MR) is 124 cm³/mol. The number of alkyl halides is 3. The number of aromatic nitrogens is 3. The van der Waals surface area contributed by atoms with Crippen molar-refractivity contribution in [2.24, 2.45) is 0 Å². The summed E-state index contributed by atoms with van der Waals surface area (Å²) in [4.78, 5) is 8.04. The Balaban J connectivity index is 1.92. The number of fused-ring (bicyclic) bond motifs is 1. The van der Waals surface area contributed by atoms with Crippen molar-refractivity contribution in [3.63, 3.8) is 0 Å². The van der Waals surface area contributed by atoms with Crippen LogP contribution < -0.4 is 4.72 Å². The molecule has 3 aromatic heterocycles. The zero-order valence-corrected chi connectivity index (χ0v) is 20.0. The van der Waals surface area contributed by atoms with Crippen LogP contribution in [0, 0.1) is 31.0 Å². The molecule has 4 rings (SSSR count). The summed E-state index contributed by atoms with van der Waals surface area (Å²) in [6, 6.07) is 8.46. The number of nitrogens with zero attached hydrogens (tertiary/aromatic N) is 4. The molecule has 12 heteroatoms. The van der Waals surface area contributed by atoms with E-state index >= 15 is 0 Å². The first-order valence-corrected chi connectivity index (χ1v) is 12.0. The zero-order valence-electron chi connectivity index (χ0n) is 19.2. The molecule has 1 N–H and O–H groups in total. The summed E-state index contributed by atoms with van der Waals surface area (Å²) >= 11 is 0. The van der Waals surface area contributed by atoms with Crippen molar-refractivity contribution in [1.29, 1.82) is 5.26 Å². The van der Waals surface area contributed by atoms with Crippen molar-refractivity contribution in [2.45, 2.75) is 37.9 Å². The van der Waals surface area contributed by atoms with E-state index in [2.05, 4.69) is 16.0 Å². The standard InChI is InChI=1S/C24H19F4N5O2S/c1-13-6-7-30-22(8-13)33-21-9-14(2)19(25)10-17(21)18(11-29)23(33)20-5-4-16(12-31-20)36(34,35)32-15(3)24(26,27)28/h4-10,12,15,32H,1-3H3. The van der Waals surface area contributed by atoms with E-state index in [0.717, 1.165) is 17.8 Å². The molecular formula is C24H19F4N5O2S. The summed E-state index contributed by atoms with van der Waals surface area (Å²) in [5.41, 5.74) is 2.15. The minimum Gasteiger partial charge on any atom is -0.291 e. The number of aryl methyl sites for hydroxylation is 2. The van der Waals surface area contributed by atoms with E-state index in [1.807, 2.05) is 6.92 Å². The van der Waals surface area contributed by atoms with Crippen molar-refractivity contribution < 1.29 is 26.0 Å². The summed E-state index contributed by atoms with van der Waals surface area (Å²) in [7, 11) is -4.53. The molecule has 3 heterocycles. The lowest BCUT2D eigenvalue weighted by molar-refractivity contribution is -0.147. The predicted octanol–water partition coefficient (Wildman–Crippen LogP) is 4.94. The van der Waals surface area contributed by atoms with Crippen molar-refractivity contribution in [3.05, 3.63) is 71.3 Å². The van der Waals surface area contributed by atoms with Gasteiger partial charge in [-0.1, -0.05) is 0 Å². The third kappa shape index (κ3) is 4.55. The van der Waals surface area contributed by atoms with E-state index in [4.69, 9.17) is 0 Å². The third-order valence-electron chi connectivity index (χ3n) is 5.60. The van der Waals surface area contributed by atoms with Crippen LogP contribution in [0.1, 0.15) is 23.6 Å². The topological polar surface area (TPSA) is 101 Å². The van der Waals surface area contributed by atoms with Gasteiger partial charge in [-0.05, 0) is 68.3 Å². The molecule has 0 saturated carbocycles. The second-order valence-corrected chi connectivity index (χ2v) is 9.96. The van der Waals surface area contributed by atoms with Crippen molar-refractivity contribution in [1.82, 2.24) is 19.3 Å². The fraction of sp³-hybridized carbons (Fsp3) is 0.208. The van der Waals surface area contributed by atoms with E-state index in [-0.39, 0.29) is 17.0 Å². The van der Waals surface area contributed by atoms with Gasteiger partial charge in [0.1, 0.15) is 28.6 Å². The highest BCUT2D eigenvalue weighted by molar-refractivity contribution is 7.89. The molecule has 0 aliphatic rings. The Morgan fingerprint density at radius 3 is 2.42 bits per heavy atom. The van der Waals surface area contributed by atoms with Gasteiger partial charge in [0.15, 0.2) is 0 Å². The fourth-order valence-electron chi connectivity index (χ4n) is 3.69. The molecule has 186 valence electrons. The normalized spacial score (nSPS) is 13.1. The SMILES string of the molecule is Cc1ccnc(-n2c(-c3ccc(S(=O)(=O)NC(C)C(F)(F)F)cn3)c(C#N)c3cc(F)c(C)cc32)c1. The highest BCUT2D eigenvalue weighted by atomic mass is 32.2. The van der Waals surface area contributed by atoms with Crippen LogP contribution in [0.15, 0.2) is 53.7 Å². The molecule has 0 saturated heterocycles. The number of hydrogen-bond donors (Lipinski definition) is 1. The number of rotatable bonds is 5. The Labute approximate surface area is 204 Å². The average molecular weight is 518 g/mol. The molecule has 1 aromatic carbocycles. The molecule has 0 fully saturated rings. The van der Waals surface area contributed by atoms with E-state index in [1.165, 1.54) is 12.1 Å². The number of nitriles is 1. The molecule has 4 aromatic rings. The van der Waals surface area contributed by atoms with Gasteiger partial charge in [0.05, 0.1) is 22.5 Å². The maximum atomic E-state index is 14.4. The van der Waals surface area contributed by atoms with Gasteiger partial charge >= 0.3 is 6.18 Å². The third-order valence-corrected chi connectivity index (χ3v) is 7.13. The van der Waals surface area contributed by atoms with Gasteiger partial charge in [-0.2, -0.15) is 23.2 Å². The number of pyridine rings is 2. The minimum absolute atomic E-state index is 0.0825. The van der Waals surface area contributed by atoms with Crippen LogP contribution in [0.5, 0.6) is 0 Å². The molecule has 1 unspecified atom stereocenters. The van der Waals surface area contributed by atoms with Crippen LogP contribution >= 0.6 is 0 Å². The molecule has 7 nitrogen and oxygen atoms in total. The van der Waals surface area contributed by atoms with E-state index in [0.29, 0.717) is 29.2 Å². The number of sulfonamides is 1. The molecule has 0 amide bonds. The zero-order chi connectivity index (χ0) is 26.4. The summed E-state index contributed by atoms with van der Waals surface area (Å²) in [6.45, 7) is 4.11. The average Bonchev–Trinajstić information content (AvgIpc) is 3.11. The molecule has 0 aliphatic heterocycles. The largest absolute Gasteiger partial charge is 0.404 e. The lowest BCUT2D eigenvalue weighted by atomic mass is 10.1. The van der Waals surface area contributed by atoms with E-state index in [1.54, 1.807) is 40.6 Å². The van der Waals surface area contributed by atoms with Crippen molar-refractivity contribution in [2.75, 3.05) is 0 Å². The highest BCUT2D eigenvalue weighted by Gasteiger charge is 2.39. The van der Waals surface area contributed by atoms with E-state index in [9.17, 15) is 31.2 Å². The van der Waals surface area contributed by atoms with Gasteiger partial charge in [-0.25, -0.2) is 17.8 Å². The van der Waals surface area contributed by atoms with E-state index < -0.39 is 33.0 Å². The maximum Gasteiger partial charge on any atom is 0.404 e. The lowest BCUT2D eigenvalue weighted by Gasteiger charge is -2.17. The Hall–Kier alpha value is -3.82. The van der Waals surface area contributed by atoms with Crippen LogP contribution in [0.25, 0.3) is 28.1 Å². The van der Waals surface area contributed by atoms with Crippen LogP contribution in [0.4, 0.5) is 17.6 Å². The second-order valence-electron chi connectivity index (χ2n) is 8.24. The Bertz CT molecular complexity index is 1620. The lowest BCUT2D eigenvalue weighted by Crippen LogP contribution is -2.42. The first-order valence-electron chi connectivity index (χ1n) is 10.6. The van der Waals surface area contributed by atoms with Gasteiger partial charge in [0, 0.05) is 17.8 Å². The van der Waals surface area contributed by atoms with Crippen LogP contribution in [-0.4, -0.2) is 35.2 Å². The first-order chi connectivity index (χ1) is 16.8. The number of nitrogens with one attached hydrogen (secondary N) is 1. The van der Waals surface area contributed by atoms with Crippen LogP contribution in [0.2, 0.25) is 0 Å². The highest BCUT2D eigenvalue weighted by Crippen LogP contribution is 2.36. The summed E-state index contributed by atoms with van der Waals surface area (Å²) < 4.78 is 81.1. The molecule has 0 bridgehead atoms. The fourth-order valence-corrected chi connectivity index (χ4v) is 4.87. The van der Waals surface area contributed by atoms with Gasteiger partial charge in [0.2, 0.25) is 10.0 Å². The molecule has 0 radical (unpaired) electrons. The van der Waals surface area contributed by atoms with Gasteiger partial charge in [-0.15, -0.1) is 0 Å². The van der Waals surface area contributed by atoms with Crippen LogP contribution in [0.3, 0.4) is 0 Å². The first kappa shape index (κ1) is 25.3. The molecule has 0 spiro atoms. The molecule has 36 heavy (non-hydrogen) atoms. The quantitative estimate of drug-likeness (QED) is 0.378. The summed E-state index contributed by atoms with van der Waals surface area (Å²) in [5, 5.41) is 10.3.